The van der Waals surface area contributed by atoms with Crippen molar-refractivity contribution in [3.8, 4) is 0 Å². The van der Waals surface area contributed by atoms with Crippen molar-refractivity contribution in [2.24, 2.45) is 0 Å². The lowest BCUT2D eigenvalue weighted by Gasteiger charge is -2.14. The minimum Gasteiger partial charge on any atom is -0.362 e. The number of hydrogen-bond acceptors (Lipinski definition) is 6. The summed E-state index contributed by atoms with van der Waals surface area (Å²) in [6, 6.07) is 0. The average molecular weight is 281 g/mol. The molecule has 0 aromatic carbocycles. The maximum absolute atomic E-state index is 11.1. The van der Waals surface area contributed by atoms with E-state index >= 15 is 0 Å². The van der Waals surface area contributed by atoms with Gasteiger partial charge in [0, 0.05) is 18.5 Å². The molecule has 0 atom stereocenters. The highest BCUT2D eigenvalue weighted by atomic mass is 32.1. The third-order valence-electron chi connectivity index (χ3n) is 3.33. The van der Waals surface area contributed by atoms with Crippen LogP contribution >= 0.6 is 11.3 Å². The van der Waals surface area contributed by atoms with Gasteiger partial charge in [-0.3, -0.25) is 0 Å². The molecule has 8 heteroatoms. The van der Waals surface area contributed by atoms with Crippen LogP contribution in [-0.4, -0.2) is 45.4 Å². The molecule has 2 aromatic heterocycles. The van der Waals surface area contributed by atoms with Gasteiger partial charge in [-0.2, -0.15) is 9.38 Å². The van der Waals surface area contributed by atoms with E-state index in [9.17, 15) is 10.1 Å². The predicted octanol–water partition coefficient (Wildman–Crippen LogP) is 1.81. The molecule has 2 aromatic rings. The lowest BCUT2D eigenvalue weighted by atomic mass is 10.4. The second kappa shape index (κ2) is 5.14. The predicted molar refractivity (Wildman–Crippen MR) is 73.9 cm³/mol. The van der Waals surface area contributed by atoms with Crippen LogP contribution in [-0.2, 0) is 0 Å². The smallest absolute Gasteiger partial charge is 0.362 e. The molecule has 0 radical (unpaired) electrons. The molecule has 3 rings (SSSR count). The monoisotopic (exact) mass is 281 g/mol. The molecule has 1 saturated heterocycles. The van der Waals surface area contributed by atoms with Crippen LogP contribution in [0.4, 0.5) is 11.6 Å². The van der Waals surface area contributed by atoms with Crippen LogP contribution < -0.4 is 5.32 Å². The summed E-state index contributed by atoms with van der Waals surface area (Å²) < 4.78 is 1.52. The van der Waals surface area contributed by atoms with E-state index in [2.05, 4.69) is 15.2 Å². The highest BCUT2D eigenvalue weighted by molar-refractivity contribution is 7.15. The van der Waals surface area contributed by atoms with Crippen LogP contribution in [0.15, 0.2) is 11.6 Å². The molecule has 1 fully saturated rings. The number of nitro groups is 1. The molecule has 19 heavy (non-hydrogen) atoms. The highest BCUT2D eigenvalue weighted by Crippen LogP contribution is 2.27. The number of nitrogens with one attached hydrogen (secondary N) is 1. The molecule has 0 spiro atoms. The van der Waals surface area contributed by atoms with E-state index in [1.54, 1.807) is 11.6 Å². The zero-order valence-corrected chi connectivity index (χ0v) is 11.2. The summed E-state index contributed by atoms with van der Waals surface area (Å²) in [5, 5.41) is 16.0. The molecule has 0 unspecified atom stereocenters. The third kappa shape index (κ3) is 2.41. The van der Waals surface area contributed by atoms with E-state index in [0.29, 0.717) is 17.3 Å². The van der Waals surface area contributed by atoms with Gasteiger partial charge in [-0.15, -0.1) is 0 Å². The van der Waals surface area contributed by atoms with Crippen LogP contribution in [0.1, 0.15) is 12.8 Å². The second-order valence-electron chi connectivity index (χ2n) is 4.57. The van der Waals surface area contributed by atoms with Crippen LogP contribution in [0.2, 0.25) is 0 Å². The maximum atomic E-state index is 11.1. The number of rotatable bonds is 5. The summed E-state index contributed by atoms with van der Waals surface area (Å²) in [6.45, 7) is 3.85. The van der Waals surface area contributed by atoms with Gasteiger partial charge in [0.05, 0.1) is 0 Å². The Hall–Kier alpha value is -1.67. The fourth-order valence-corrected chi connectivity index (χ4v) is 3.11. The molecular formula is C11H15N5O2S. The minimum atomic E-state index is -0.384. The molecule has 102 valence electrons. The van der Waals surface area contributed by atoms with E-state index in [4.69, 9.17) is 0 Å². The van der Waals surface area contributed by atoms with Crippen LogP contribution in [0, 0.1) is 10.1 Å². The minimum absolute atomic E-state index is 0.0256. The average Bonchev–Trinajstić information content (AvgIpc) is 3.02. The third-order valence-corrected chi connectivity index (χ3v) is 4.09. The van der Waals surface area contributed by atoms with Crippen LogP contribution in [0.3, 0.4) is 0 Å². The maximum Gasteiger partial charge on any atom is 0.372 e. The fraction of sp³-hybridized carbons (Fsp3) is 0.545. The fourth-order valence-electron chi connectivity index (χ4n) is 2.41. The summed E-state index contributed by atoms with van der Waals surface area (Å²) in [6.07, 6.45) is 4.18. The van der Waals surface area contributed by atoms with Gasteiger partial charge in [-0.25, -0.2) is 0 Å². The van der Waals surface area contributed by atoms with Crippen LogP contribution in [0.5, 0.6) is 0 Å². The SMILES string of the molecule is O=[N+]([O-])c1c(NCCN2CCCC2)nc2sccn12. The Balaban J connectivity index is 1.70. The molecule has 1 aliphatic rings. The number of anilines is 1. The van der Waals surface area contributed by atoms with Gasteiger partial charge in [-0.05, 0) is 30.9 Å². The Morgan fingerprint density at radius 1 is 1.47 bits per heavy atom. The Bertz CT molecular complexity index is 587. The lowest BCUT2D eigenvalue weighted by Crippen LogP contribution is -2.26. The van der Waals surface area contributed by atoms with E-state index < -0.39 is 0 Å². The number of hydrogen-bond donors (Lipinski definition) is 1. The Labute approximate surface area is 114 Å². The van der Waals surface area contributed by atoms with E-state index in [0.717, 1.165) is 19.6 Å². The molecule has 7 nitrogen and oxygen atoms in total. The number of fused-ring (bicyclic) bond motifs is 1. The van der Waals surface area contributed by atoms with E-state index in [1.165, 1.54) is 28.6 Å². The van der Waals surface area contributed by atoms with Crippen molar-refractivity contribution in [3.63, 3.8) is 0 Å². The summed E-state index contributed by atoms with van der Waals surface area (Å²) in [5.41, 5.74) is 0. The van der Waals surface area contributed by atoms with E-state index in [-0.39, 0.29) is 10.7 Å². The van der Waals surface area contributed by atoms with Gasteiger partial charge in [0.1, 0.15) is 6.20 Å². The van der Waals surface area contributed by atoms with Gasteiger partial charge >= 0.3 is 5.82 Å². The van der Waals surface area contributed by atoms with Crippen molar-refractivity contribution in [2.75, 3.05) is 31.5 Å². The Morgan fingerprint density at radius 3 is 3.00 bits per heavy atom. The van der Waals surface area contributed by atoms with Crippen molar-refractivity contribution in [3.05, 3.63) is 21.7 Å². The first-order chi connectivity index (χ1) is 9.25. The summed E-state index contributed by atoms with van der Waals surface area (Å²) in [5.74, 6) is 0.397. The number of nitrogens with zero attached hydrogens (tertiary/aromatic N) is 4. The first kappa shape index (κ1) is 12.4. The zero-order chi connectivity index (χ0) is 13.2. The zero-order valence-electron chi connectivity index (χ0n) is 10.4. The molecule has 0 bridgehead atoms. The first-order valence-electron chi connectivity index (χ1n) is 6.32. The number of likely N-dealkylation sites (tertiary alicyclic amines) is 1. The number of aromatic nitrogens is 2. The Kier molecular flexibility index (Phi) is 3.34. The topological polar surface area (TPSA) is 75.7 Å². The Morgan fingerprint density at radius 2 is 2.26 bits per heavy atom. The van der Waals surface area contributed by atoms with Crippen molar-refractivity contribution < 1.29 is 4.92 Å². The second-order valence-corrected chi connectivity index (χ2v) is 5.45. The molecule has 0 amide bonds. The largest absolute Gasteiger partial charge is 0.372 e. The molecule has 1 N–H and O–H groups in total. The summed E-state index contributed by atoms with van der Waals surface area (Å²) >= 11 is 1.40. The van der Waals surface area contributed by atoms with Crippen molar-refractivity contribution in [1.29, 1.82) is 0 Å². The summed E-state index contributed by atoms with van der Waals surface area (Å²) in [7, 11) is 0. The van der Waals surface area contributed by atoms with Gasteiger partial charge in [0.2, 0.25) is 5.82 Å². The van der Waals surface area contributed by atoms with Gasteiger partial charge in [0.15, 0.2) is 0 Å². The van der Waals surface area contributed by atoms with Gasteiger partial charge < -0.3 is 20.3 Å². The quantitative estimate of drug-likeness (QED) is 0.668. The highest BCUT2D eigenvalue weighted by Gasteiger charge is 2.23. The van der Waals surface area contributed by atoms with Crippen molar-refractivity contribution in [1.82, 2.24) is 14.3 Å². The van der Waals surface area contributed by atoms with Crippen molar-refractivity contribution >= 4 is 27.9 Å². The molecule has 3 heterocycles. The lowest BCUT2D eigenvalue weighted by molar-refractivity contribution is -0.389. The number of thiazole rings is 1. The molecule has 0 saturated carbocycles. The molecular weight excluding hydrogens is 266 g/mol. The van der Waals surface area contributed by atoms with E-state index in [1.807, 2.05) is 0 Å². The van der Waals surface area contributed by atoms with Gasteiger partial charge in [0.25, 0.3) is 4.96 Å². The van der Waals surface area contributed by atoms with Crippen molar-refractivity contribution in [2.45, 2.75) is 12.8 Å². The molecule has 1 aliphatic heterocycles. The number of imidazole rings is 1. The molecule has 0 aliphatic carbocycles. The first-order valence-corrected chi connectivity index (χ1v) is 7.20. The standard InChI is InChI=1S/C11H15N5O2S/c17-16(18)10-9(13-11-15(10)7-8-19-11)12-3-6-14-4-1-2-5-14/h7-8,12H,1-6H2. The summed E-state index contributed by atoms with van der Waals surface area (Å²) in [4.78, 5) is 18.0. The van der Waals surface area contributed by atoms with Crippen LogP contribution in [0.25, 0.3) is 4.96 Å². The normalized spacial score (nSPS) is 16.2. The van der Waals surface area contributed by atoms with Gasteiger partial charge in [-0.1, -0.05) is 11.3 Å².